The van der Waals surface area contributed by atoms with Crippen LogP contribution in [0, 0.1) is 0 Å². The van der Waals surface area contributed by atoms with Crippen molar-refractivity contribution < 1.29 is 4.74 Å². The normalized spacial score (nSPS) is 16.9. The van der Waals surface area contributed by atoms with Gasteiger partial charge in [-0.1, -0.05) is 18.2 Å². The summed E-state index contributed by atoms with van der Waals surface area (Å²) in [4.78, 5) is 2.24. The molecule has 1 aromatic rings. The summed E-state index contributed by atoms with van der Waals surface area (Å²) in [5.41, 5.74) is 2.59. The fourth-order valence-electron chi connectivity index (χ4n) is 1.51. The zero-order valence-corrected chi connectivity index (χ0v) is 7.29. The van der Waals surface area contributed by atoms with Gasteiger partial charge in [-0.2, -0.15) is 0 Å². The van der Waals surface area contributed by atoms with Crippen molar-refractivity contribution in [3.05, 3.63) is 29.8 Å². The van der Waals surface area contributed by atoms with Crippen molar-refractivity contribution in [2.75, 3.05) is 25.1 Å². The number of anilines is 1. The summed E-state index contributed by atoms with van der Waals surface area (Å²) in [5.74, 6) is 0. The number of hydrogen-bond acceptors (Lipinski definition) is 2. The number of para-hydroxylation sites is 1. The van der Waals surface area contributed by atoms with Crippen molar-refractivity contribution in [1.29, 1.82) is 0 Å². The van der Waals surface area contributed by atoms with Crippen molar-refractivity contribution in [3.8, 4) is 0 Å². The van der Waals surface area contributed by atoms with Gasteiger partial charge < -0.3 is 9.64 Å². The molecule has 2 nitrogen and oxygen atoms in total. The zero-order chi connectivity index (χ0) is 8.39. The van der Waals surface area contributed by atoms with Crippen molar-refractivity contribution >= 4 is 5.69 Å². The second kappa shape index (κ2) is 3.15. The molecule has 2 rings (SSSR count). The van der Waals surface area contributed by atoms with Gasteiger partial charge in [0.05, 0.1) is 13.2 Å². The lowest BCUT2D eigenvalue weighted by molar-refractivity contribution is 0.133. The van der Waals surface area contributed by atoms with E-state index in [2.05, 4.69) is 36.2 Å². The van der Waals surface area contributed by atoms with Gasteiger partial charge in [0.15, 0.2) is 0 Å². The van der Waals surface area contributed by atoms with Crippen LogP contribution in [0.25, 0.3) is 0 Å². The average Bonchev–Trinajstić information content (AvgIpc) is 2.29. The largest absolute Gasteiger partial charge is 0.375 e. The monoisotopic (exact) mass is 163 g/mol. The lowest BCUT2D eigenvalue weighted by Gasteiger charge is -2.17. The second-order valence-electron chi connectivity index (χ2n) is 3.10. The Hall–Kier alpha value is -1.02. The molecular formula is C10H13NO. The first-order valence-corrected chi connectivity index (χ1v) is 4.25. The number of ether oxygens (including phenoxy) is 1. The predicted octanol–water partition coefficient (Wildman–Crippen LogP) is 1.65. The van der Waals surface area contributed by atoms with Crippen molar-refractivity contribution in [2.45, 2.75) is 6.61 Å². The molecule has 0 spiro atoms. The van der Waals surface area contributed by atoms with Gasteiger partial charge in [-0.25, -0.2) is 0 Å². The van der Waals surface area contributed by atoms with Gasteiger partial charge in [0.2, 0.25) is 0 Å². The van der Waals surface area contributed by atoms with E-state index in [9.17, 15) is 0 Å². The molecule has 1 aliphatic rings. The van der Waals surface area contributed by atoms with Crippen LogP contribution in [0.2, 0.25) is 0 Å². The molecule has 2 heteroatoms. The first-order chi connectivity index (χ1) is 5.88. The van der Waals surface area contributed by atoms with Gasteiger partial charge in [-0.3, -0.25) is 0 Å². The molecule has 0 aliphatic carbocycles. The van der Waals surface area contributed by atoms with Crippen LogP contribution < -0.4 is 4.90 Å². The molecule has 0 fully saturated rings. The van der Waals surface area contributed by atoms with E-state index in [1.54, 1.807) is 0 Å². The van der Waals surface area contributed by atoms with Crippen LogP contribution in [-0.2, 0) is 11.3 Å². The number of rotatable bonds is 0. The third-order valence-corrected chi connectivity index (χ3v) is 2.23. The number of likely N-dealkylation sites (N-methyl/N-ethyl adjacent to an activating group) is 1. The molecule has 0 atom stereocenters. The molecular weight excluding hydrogens is 150 g/mol. The van der Waals surface area contributed by atoms with E-state index in [0.29, 0.717) is 0 Å². The molecule has 12 heavy (non-hydrogen) atoms. The maximum Gasteiger partial charge on any atom is 0.0737 e. The summed E-state index contributed by atoms with van der Waals surface area (Å²) in [6.45, 7) is 2.56. The molecule has 0 saturated heterocycles. The minimum absolute atomic E-state index is 0.751. The summed E-state index contributed by atoms with van der Waals surface area (Å²) in [6.07, 6.45) is 0. The maximum absolute atomic E-state index is 5.45. The van der Waals surface area contributed by atoms with Gasteiger partial charge >= 0.3 is 0 Å². The molecule has 0 saturated carbocycles. The molecule has 0 bridgehead atoms. The second-order valence-corrected chi connectivity index (χ2v) is 3.10. The molecule has 1 aromatic carbocycles. The van der Waals surface area contributed by atoms with Gasteiger partial charge in [-0.15, -0.1) is 0 Å². The quantitative estimate of drug-likeness (QED) is 0.576. The number of benzene rings is 1. The minimum atomic E-state index is 0.751. The third-order valence-electron chi connectivity index (χ3n) is 2.23. The minimum Gasteiger partial charge on any atom is -0.375 e. The van der Waals surface area contributed by atoms with E-state index in [-0.39, 0.29) is 0 Å². The maximum atomic E-state index is 5.45. The van der Waals surface area contributed by atoms with E-state index < -0.39 is 0 Å². The summed E-state index contributed by atoms with van der Waals surface area (Å²) in [7, 11) is 2.10. The Morgan fingerprint density at radius 1 is 1.33 bits per heavy atom. The Balaban J connectivity index is 2.39. The molecule has 1 heterocycles. The highest BCUT2D eigenvalue weighted by molar-refractivity contribution is 5.53. The number of fused-ring (bicyclic) bond motifs is 1. The van der Waals surface area contributed by atoms with Gasteiger partial charge in [0.1, 0.15) is 0 Å². The van der Waals surface area contributed by atoms with E-state index in [1.165, 1.54) is 11.3 Å². The van der Waals surface area contributed by atoms with E-state index in [0.717, 1.165) is 19.8 Å². The van der Waals surface area contributed by atoms with Crippen molar-refractivity contribution in [1.82, 2.24) is 0 Å². The highest BCUT2D eigenvalue weighted by Gasteiger charge is 2.10. The van der Waals surface area contributed by atoms with Crippen LogP contribution in [0.1, 0.15) is 5.56 Å². The Morgan fingerprint density at radius 2 is 2.17 bits per heavy atom. The molecule has 1 aliphatic heterocycles. The molecule has 0 amide bonds. The Bertz CT molecular complexity index is 272. The molecule has 0 N–H and O–H groups in total. The smallest absolute Gasteiger partial charge is 0.0737 e. The third kappa shape index (κ3) is 1.30. The van der Waals surface area contributed by atoms with E-state index >= 15 is 0 Å². The number of nitrogens with zero attached hydrogens (tertiary/aromatic N) is 1. The Kier molecular flexibility index (Phi) is 2.00. The van der Waals surface area contributed by atoms with E-state index in [1.807, 2.05) is 0 Å². The topological polar surface area (TPSA) is 12.5 Å². The summed E-state index contributed by atoms with van der Waals surface area (Å²) in [6, 6.07) is 8.39. The fourth-order valence-corrected chi connectivity index (χ4v) is 1.51. The Labute approximate surface area is 72.8 Å². The summed E-state index contributed by atoms with van der Waals surface area (Å²) in [5, 5.41) is 0. The van der Waals surface area contributed by atoms with Crippen LogP contribution in [0.3, 0.4) is 0 Å². The summed E-state index contributed by atoms with van der Waals surface area (Å²) < 4.78 is 5.45. The van der Waals surface area contributed by atoms with Crippen molar-refractivity contribution in [2.24, 2.45) is 0 Å². The number of hydrogen-bond donors (Lipinski definition) is 0. The molecule has 64 valence electrons. The highest BCUT2D eigenvalue weighted by Crippen LogP contribution is 2.21. The van der Waals surface area contributed by atoms with Crippen LogP contribution in [-0.4, -0.2) is 20.2 Å². The van der Waals surface area contributed by atoms with Crippen LogP contribution in [0.5, 0.6) is 0 Å². The lowest BCUT2D eigenvalue weighted by atomic mass is 10.2. The molecule has 0 radical (unpaired) electrons. The van der Waals surface area contributed by atoms with Gasteiger partial charge in [-0.05, 0) is 6.07 Å². The van der Waals surface area contributed by atoms with Crippen molar-refractivity contribution in [3.63, 3.8) is 0 Å². The zero-order valence-electron chi connectivity index (χ0n) is 7.29. The van der Waals surface area contributed by atoms with Gasteiger partial charge in [0.25, 0.3) is 0 Å². The van der Waals surface area contributed by atoms with E-state index in [4.69, 9.17) is 4.74 Å². The standard InChI is InChI=1S/C10H13NO/c1-11-6-7-12-8-9-4-2-3-5-10(9)11/h2-5H,6-8H2,1H3. The van der Waals surface area contributed by atoms with Crippen LogP contribution in [0.15, 0.2) is 24.3 Å². The van der Waals surface area contributed by atoms with Crippen LogP contribution in [0.4, 0.5) is 5.69 Å². The first-order valence-electron chi connectivity index (χ1n) is 4.25. The van der Waals surface area contributed by atoms with Gasteiger partial charge in [0, 0.05) is 24.8 Å². The Morgan fingerprint density at radius 3 is 3.08 bits per heavy atom. The lowest BCUT2D eigenvalue weighted by Crippen LogP contribution is -2.20. The fraction of sp³-hybridized carbons (Fsp3) is 0.400. The highest BCUT2D eigenvalue weighted by atomic mass is 16.5. The first kappa shape index (κ1) is 7.62. The molecule has 0 unspecified atom stereocenters. The summed E-state index contributed by atoms with van der Waals surface area (Å²) >= 11 is 0. The average molecular weight is 163 g/mol. The SMILES string of the molecule is CN1CCOCc2ccccc21. The molecule has 0 aromatic heterocycles. The van der Waals surface area contributed by atoms with Crippen LogP contribution >= 0.6 is 0 Å². The predicted molar refractivity (Wildman–Crippen MR) is 49.4 cm³/mol.